The smallest absolute Gasteiger partial charge is 0.326 e. The molecule has 3 N–H and O–H groups in total. The first-order chi connectivity index (χ1) is 15.0. The molecular formula is C22H29F2N5O2. The topological polar surface area (TPSA) is 100 Å². The molecule has 3 rings (SSSR count). The number of nitrogens with one attached hydrogen (secondary N) is 2. The summed E-state index contributed by atoms with van der Waals surface area (Å²) in [6, 6.07) is 4.50. The Labute approximate surface area is 180 Å². The van der Waals surface area contributed by atoms with Crippen LogP contribution < -0.4 is 10.6 Å². The highest BCUT2D eigenvalue weighted by molar-refractivity contribution is 5.76. The highest BCUT2D eigenvalue weighted by atomic mass is 19.3. The largest absolute Gasteiger partial charge is 0.480 e. The van der Waals surface area contributed by atoms with E-state index >= 15 is 0 Å². The SMILES string of the molecule is O=C(O)[C@H](CCCCCCCc1ccc2c(n1)NCCC2)Nc1cc(C(F)F)ncn1. The number of unbranched alkanes of at least 4 members (excludes halogenated alkanes) is 4. The first-order valence-electron chi connectivity index (χ1n) is 10.8. The van der Waals surface area contributed by atoms with Gasteiger partial charge in [0.1, 0.15) is 29.7 Å². The van der Waals surface area contributed by atoms with Crippen LogP contribution in [0.1, 0.15) is 68.3 Å². The Morgan fingerprint density at radius 2 is 1.97 bits per heavy atom. The molecule has 0 amide bonds. The average molecular weight is 434 g/mol. The molecule has 31 heavy (non-hydrogen) atoms. The molecule has 168 valence electrons. The number of anilines is 2. The molecule has 0 fully saturated rings. The van der Waals surface area contributed by atoms with E-state index < -0.39 is 24.1 Å². The first-order valence-corrected chi connectivity index (χ1v) is 10.8. The number of hydrogen-bond acceptors (Lipinski definition) is 6. The molecule has 7 nitrogen and oxygen atoms in total. The second-order valence-electron chi connectivity index (χ2n) is 7.81. The van der Waals surface area contributed by atoms with Crippen LogP contribution in [0.3, 0.4) is 0 Å². The third-order valence-electron chi connectivity index (χ3n) is 5.41. The Morgan fingerprint density at radius 1 is 1.16 bits per heavy atom. The minimum absolute atomic E-state index is 0.102. The van der Waals surface area contributed by atoms with Crippen LogP contribution in [0.25, 0.3) is 0 Å². The fourth-order valence-electron chi connectivity index (χ4n) is 3.70. The van der Waals surface area contributed by atoms with Crippen molar-refractivity contribution >= 4 is 17.6 Å². The Hall–Kier alpha value is -2.84. The van der Waals surface area contributed by atoms with Gasteiger partial charge in [0.2, 0.25) is 0 Å². The van der Waals surface area contributed by atoms with Gasteiger partial charge in [-0.15, -0.1) is 0 Å². The molecule has 1 aliphatic rings. The zero-order valence-electron chi connectivity index (χ0n) is 17.5. The van der Waals surface area contributed by atoms with Crippen molar-refractivity contribution in [3.05, 3.63) is 41.5 Å². The molecule has 1 aliphatic heterocycles. The number of carboxylic acid groups (broad SMARTS) is 1. The molecule has 0 unspecified atom stereocenters. The number of carbonyl (C=O) groups is 1. The molecule has 0 bridgehead atoms. The summed E-state index contributed by atoms with van der Waals surface area (Å²) >= 11 is 0. The quantitative estimate of drug-likeness (QED) is 0.420. The van der Waals surface area contributed by atoms with Crippen molar-refractivity contribution in [2.45, 2.75) is 70.3 Å². The normalized spacial score (nSPS) is 14.0. The zero-order valence-corrected chi connectivity index (χ0v) is 17.5. The highest BCUT2D eigenvalue weighted by Gasteiger charge is 2.18. The third-order valence-corrected chi connectivity index (χ3v) is 5.41. The predicted octanol–water partition coefficient (Wildman–Crippen LogP) is 4.62. The van der Waals surface area contributed by atoms with Crippen molar-refractivity contribution in [3.8, 4) is 0 Å². The Kier molecular flexibility index (Phi) is 8.49. The number of rotatable bonds is 12. The van der Waals surface area contributed by atoms with E-state index in [9.17, 15) is 18.7 Å². The van der Waals surface area contributed by atoms with Gasteiger partial charge in [0.25, 0.3) is 6.43 Å². The number of nitrogens with zero attached hydrogens (tertiary/aromatic N) is 3. The maximum atomic E-state index is 12.7. The van der Waals surface area contributed by atoms with Gasteiger partial charge < -0.3 is 15.7 Å². The predicted molar refractivity (Wildman–Crippen MR) is 114 cm³/mol. The Morgan fingerprint density at radius 3 is 2.77 bits per heavy atom. The summed E-state index contributed by atoms with van der Waals surface area (Å²) in [6.45, 7) is 0.986. The van der Waals surface area contributed by atoms with Crippen molar-refractivity contribution in [1.29, 1.82) is 0 Å². The van der Waals surface area contributed by atoms with Crippen LogP contribution >= 0.6 is 0 Å². The molecule has 3 heterocycles. The van der Waals surface area contributed by atoms with E-state index in [1.807, 2.05) is 0 Å². The summed E-state index contributed by atoms with van der Waals surface area (Å²) in [7, 11) is 0. The van der Waals surface area contributed by atoms with E-state index in [4.69, 9.17) is 4.98 Å². The minimum atomic E-state index is -2.72. The molecule has 9 heteroatoms. The van der Waals surface area contributed by atoms with Crippen molar-refractivity contribution in [2.75, 3.05) is 17.2 Å². The molecule has 0 aromatic carbocycles. The monoisotopic (exact) mass is 433 g/mol. The lowest BCUT2D eigenvalue weighted by atomic mass is 10.0. The second kappa shape index (κ2) is 11.5. The summed E-state index contributed by atoms with van der Waals surface area (Å²) in [4.78, 5) is 23.5. The number of aromatic nitrogens is 3. The fourth-order valence-corrected chi connectivity index (χ4v) is 3.70. The summed E-state index contributed by atoms with van der Waals surface area (Å²) in [5, 5.41) is 15.5. The van der Waals surface area contributed by atoms with Crippen LogP contribution in [0, 0.1) is 0 Å². The van der Waals surface area contributed by atoms with Crippen LogP contribution in [0.5, 0.6) is 0 Å². The molecule has 0 saturated carbocycles. The van der Waals surface area contributed by atoms with Gasteiger partial charge in [0, 0.05) is 18.3 Å². The molecule has 1 atom stereocenters. The number of hydrogen-bond donors (Lipinski definition) is 3. The first kappa shape index (κ1) is 22.8. The Bertz CT molecular complexity index is 866. The van der Waals surface area contributed by atoms with E-state index in [2.05, 4.69) is 32.7 Å². The molecule has 0 saturated heterocycles. The molecular weight excluding hydrogens is 404 g/mol. The van der Waals surface area contributed by atoms with Crippen LogP contribution in [-0.2, 0) is 17.6 Å². The van der Waals surface area contributed by atoms with E-state index in [-0.39, 0.29) is 5.82 Å². The van der Waals surface area contributed by atoms with Crippen molar-refractivity contribution < 1.29 is 18.7 Å². The van der Waals surface area contributed by atoms with Gasteiger partial charge in [0.15, 0.2) is 0 Å². The maximum Gasteiger partial charge on any atom is 0.326 e. The summed E-state index contributed by atoms with van der Waals surface area (Å²) in [6.07, 6.45) is 6.64. The van der Waals surface area contributed by atoms with Crippen LogP contribution in [-0.4, -0.2) is 38.6 Å². The van der Waals surface area contributed by atoms with E-state index in [0.717, 1.165) is 81.8 Å². The average Bonchev–Trinajstić information content (AvgIpc) is 2.77. The standard InChI is InChI=1S/C22H29F2N5O2/c23-20(24)18-13-19(27-14-26-18)29-17(22(30)31)9-5-3-1-2-4-8-16-11-10-15-7-6-12-25-21(15)28-16/h10-11,13-14,17,20H,1-9,12H2,(H,25,28)(H,30,31)(H,26,27,29)/t17-/m0/s1. The highest BCUT2D eigenvalue weighted by Crippen LogP contribution is 2.21. The second-order valence-corrected chi connectivity index (χ2v) is 7.81. The number of halogens is 2. The molecule has 2 aromatic heterocycles. The van der Waals surface area contributed by atoms with Gasteiger partial charge in [-0.25, -0.2) is 28.5 Å². The van der Waals surface area contributed by atoms with Crippen LogP contribution in [0.2, 0.25) is 0 Å². The van der Waals surface area contributed by atoms with Crippen LogP contribution in [0.4, 0.5) is 20.4 Å². The number of pyridine rings is 1. The number of aryl methyl sites for hydroxylation is 2. The van der Waals surface area contributed by atoms with E-state index in [1.165, 1.54) is 5.56 Å². The minimum Gasteiger partial charge on any atom is -0.480 e. The van der Waals surface area contributed by atoms with Gasteiger partial charge in [-0.2, -0.15) is 0 Å². The van der Waals surface area contributed by atoms with Gasteiger partial charge >= 0.3 is 5.97 Å². The summed E-state index contributed by atoms with van der Waals surface area (Å²) < 4.78 is 25.5. The molecule has 0 spiro atoms. The summed E-state index contributed by atoms with van der Waals surface area (Å²) in [5.41, 5.74) is 1.98. The van der Waals surface area contributed by atoms with Crippen molar-refractivity contribution in [2.24, 2.45) is 0 Å². The van der Waals surface area contributed by atoms with Crippen LogP contribution in [0.15, 0.2) is 24.5 Å². The van der Waals surface area contributed by atoms with Gasteiger partial charge in [-0.05, 0) is 43.7 Å². The number of fused-ring (bicyclic) bond motifs is 1. The molecule has 0 radical (unpaired) electrons. The van der Waals surface area contributed by atoms with Gasteiger partial charge in [-0.1, -0.05) is 31.7 Å². The molecule has 0 aliphatic carbocycles. The lowest BCUT2D eigenvalue weighted by Crippen LogP contribution is -2.29. The number of alkyl halides is 2. The lowest BCUT2D eigenvalue weighted by molar-refractivity contribution is -0.138. The van der Waals surface area contributed by atoms with Gasteiger partial charge in [0.05, 0.1) is 0 Å². The van der Waals surface area contributed by atoms with E-state index in [1.54, 1.807) is 0 Å². The van der Waals surface area contributed by atoms with Crippen molar-refractivity contribution in [1.82, 2.24) is 15.0 Å². The number of carboxylic acids is 1. The van der Waals surface area contributed by atoms with Gasteiger partial charge in [-0.3, -0.25) is 0 Å². The number of aliphatic carboxylic acids is 1. The lowest BCUT2D eigenvalue weighted by Gasteiger charge is -2.17. The van der Waals surface area contributed by atoms with E-state index in [0.29, 0.717) is 6.42 Å². The molecule has 2 aromatic rings. The Balaban J connectivity index is 1.34. The van der Waals surface area contributed by atoms with Crippen molar-refractivity contribution in [3.63, 3.8) is 0 Å². The fraction of sp³-hybridized carbons (Fsp3) is 0.545. The maximum absolute atomic E-state index is 12.7. The zero-order chi connectivity index (χ0) is 22.1. The third kappa shape index (κ3) is 7.11. The summed E-state index contributed by atoms with van der Waals surface area (Å²) in [5.74, 6) is 0.106.